The maximum atomic E-state index is 12.1. The summed E-state index contributed by atoms with van der Waals surface area (Å²) in [5.41, 5.74) is 3.25. The van der Waals surface area contributed by atoms with E-state index >= 15 is 0 Å². The number of benzene rings is 3. The zero-order valence-corrected chi connectivity index (χ0v) is 20.5. The molecule has 174 valence electrons. The number of anilines is 2. The lowest BCUT2D eigenvalue weighted by Crippen LogP contribution is -2.14. The van der Waals surface area contributed by atoms with Gasteiger partial charge in [-0.25, -0.2) is 0 Å². The van der Waals surface area contributed by atoms with Crippen LogP contribution >= 0.6 is 23.2 Å². The van der Waals surface area contributed by atoms with E-state index in [0.29, 0.717) is 40.4 Å². The van der Waals surface area contributed by atoms with Crippen LogP contribution in [-0.4, -0.2) is 13.0 Å². The van der Waals surface area contributed by atoms with E-state index in [2.05, 4.69) is 10.6 Å². The summed E-state index contributed by atoms with van der Waals surface area (Å²) in [6.45, 7) is 4.74. The van der Waals surface area contributed by atoms with Crippen LogP contribution in [-0.2, 0) is 17.9 Å². The largest absolute Gasteiger partial charge is 0.493 e. The van der Waals surface area contributed by atoms with Crippen LogP contribution in [0.2, 0.25) is 10.0 Å². The van der Waals surface area contributed by atoms with Crippen molar-refractivity contribution in [2.75, 3.05) is 17.7 Å². The molecule has 0 aliphatic rings. The van der Waals surface area contributed by atoms with Gasteiger partial charge in [0.15, 0.2) is 11.5 Å². The van der Waals surface area contributed by atoms with E-state index in [-0.39, 0.29) is 12.5 Å². The lowest BCUT2D eigenvalue weighted by atomic mass is 10.1. The average molecular weight is 487 g/mol. The second-order valence-corrected chi connectivity index (χ2v) is 8.83. The number of para-hydroxylation sites is 1. The normalized spacial score (nSPS) is 10.7. The predicted octanol–water partition coefficient (Wildman–Crippen LogP) is 7.18. The maximum absolute atomic E-state index is 12.1. The quantitative estimate of drug-likeness (QED) is 0.318. The summed E-state index contributed by atoms with van der Waals surface area (Å²) in [4.78, 5) is 12.1. The highest BCUT2D eigenvalue weighted by molar-refractivity contribution is 6.35. The third-order valence-corrected chi connectivity index (χ3v) is 5.63. The highest BCUT2D eigenvalue weighted by Crippen LogP contribution is 2.34. The molecule has 33 heavy (non-hydrogen) atoms. The minimum atomic E-state index is 0.00358. The summed E-state index contributed by atoms with van der Waals surface area (Å²) in [6, 6.07) is 18.7. The van der Waals surface area contributed by atoms with E-state index in [0.717, 1.165) is 22.5 Å². The Hall–Kier alpha value is -2.89. The second kappa shape index (κ2) is 11.8. The fourth-order valence-electron chi connectivity index (χ4n) is 3.33. The number of carbonyl (C=O) groups is 1. The molecule has 3 aromatic carbocycles. The van der Waals surface area contributed by atoms with Crippen molar-refractivity contribution in [1.82, 2.24) is 0 Å². The molecule has 0 unspecified atom stereocenters. The van der Waals surface area contributed by atoms with Gasteiger partial charge in [-0.3, -0.25) is 4.79 Å². The Bertz CT molecular complexity index is 1080. The first-order chi connectivity index (χ1) is 15.9. The Kier molecular flexibility index (Phi) is 8.87. The van der Waals surface area contributed by atoms with Gasteiger partial charge in [-0.2, -0.15) is 0 Å². The molecule has 0 aliphatic heterocycles. The minimum absolute atomic E-state index is 0.00358. The predicted molar refractivity (Wildman–Crippen MR) is 136 cm³/mol. The van der Waals surface area contributed by atoms with Crippen LogP contribution in [0.5, 0.6) is 11.5 Å². The van der Waals surface area contributed by atoms with Crippen LogP contribution in [0.4, 0.5) is 11.4 Å². The molecule has 0 saturated heterocycles. The van der Waals surface area contributed by atoms with Crippen molar-refractivity contribution in [3.05, 3.63) is 81.8 Å². The first-order valence-electron chi connectivity index (χ1n) is 10.7. The van der Waals surface area contributed by atoms with Crippen molar-refractivity contribution in [3.63, 3.8) is 0 Å². The van der Waals surface area contributed by atoms with Crippen molar-refractivity contribution in [2.24, 2.45) is 5.92 Å². The number of hydrogen-bond acceptors (Lipinski definition) is 4. The first kappa shape index (κ1) is 24.7. The van der Waals surface area contributed by atoms with E-state index in [9.17, 15) is 4.79 Å². The molecule has 1 amide bonds. The van der Waals surface area contributed by atoms with Gasteiger partial charge in [-0.1, -0.05) is 61.3 Å². The van der Waals surface area contributed by atoms with Crippen molar-refractivity contribution in [1.29, 1.82) is 0 Å². The van der Waals surface area contributed by atoms with Gasteiger partial charge < -0.3 is 20.1 Å². The van der Waals surface area contributed by atoms with Crippen molar-refractivity contribution in [2.45, 2.75) is 33.4 Å². The standard InChI is InChI=1S/C26H28Cl2N2O3/c1-17(2)13-25(31)30-20-9-5-8-19(14-20)29-15-18-7-4-12-24(32-3)26(18)33-16-21-22(27)10-6-11-23(21)28/h4-12,14,17,29H,13,15-16H2,1-3H3,(H,30,31). The van der Waals surface area contributed by atoms with Crippen molar-refractivity contribution < 1.29 is 14.3 Å². The van der Waals surface area contributed by atoms with Gasteiger partial charge in [-0.05, 0) is 42.3 Å². The van der Waals surface area contributed by atoms with Crippen LogP contribution in [0.15, 0.2) is 60.7 Å². The average Bonchev–Trinajstić information content (AvgIpc) is 2.77. The van der Waals surface area contributed by atoms with Crippen LogP contribution < -0.4 is 20.1 Å². The monoisotopic (exact) mass is 486 g/mol. The molecule has 0 aliphatic carbocycles. The second-order valence-electron chi connectivity index (χ2n) is 8.02. The maximum Gasteiger partial charge on any atom is 0.224 e. The van der Waals surface area contributed by atoms with Crippen LogP contribution in [0.25, 0.3) is 0 Å². The highest BCUT2D eigenvalue weighted by atomic mass is 35.5. The molecule has 0 heterocycles. The summed E-state index contributed by atoms with van der Waals surface area (Å²) in [7, 11) is 1.60. The van der Waals surface area contributed by atoms with Crippen molar-refractivity contribution in [3.8, 4) is 11.5 Å². The van der Waals surface area contributed by atoms with Gasteiger partial charge in [0.2, 0.25) is 5.91 Å². The molecule has 0 bridgehead atoms. The van der Waals surface area contributed by atoms with E-state index in [1.807, 2.05) is 56.3 Å². The number of ether oxygens (including phenoxy) is 2. The van der Waals surface area contributed by atoms with Gasteiger partial charge in [0, 0.05) is 45.5 Å². The molecule has 0 atom stereocenters. The summed E-state index contributed by atoms with van der Waals surface area (Å²) in [6.07, 6.45) is 0.484. The number of hydrogen-bond donors (Lipinski definition) is 2. The summed E-state index contributed by atoms with van der Waals surface area (Å²) in [5, 5.41) is 7.43. The Labute approximate surface area is 205 Å². The van der Waals surface area contributed by atoms with Crippen LogP contribution in [0.1, 0.15) is 31.4 Å². The molecule has 0 saturated carbocycles. The lowest BCUT2D eigenvalue weighted by Gasteiger charge is -2.17. The Balaban J connectivity index is 1.73. The third kappa shape index (κ3) is 7.04. The Morgan fingerprint density at radius 3 is 2.33 bits per heavy atom. The van der Waals surface area contributed by atoms with E-state index < -0.39 is 0 Å². The fraction of sp³-hybridized carbons (Fsp3) is 0.269. The third-order valence-electron chi connectivity index (χ3n) is 4.93. The number of rotatable bonds is 10. The smallest absolute Gasteiger partial charge is 0.224 e. The van der Waals surface area contributed by atoms with Crippen LogP contribution in [0.3, 0.4) is 0 Å². The number of amides is 1. The SMILES string of the molecule is COc1cccc(CNc2cccc(NC(=O)CC(C)C)c2)c1OCc1c(Cl)cccc1Cl. The minimum Gasteiger partial charge on any atom is -0.493 e. The Morgan fingerprint density at radius 1 is 0.970 bits per heavy atom. The van der Waals surface area contributed by atoms with E-state index in [4.69, 9.17) is 32.7 Å². The van der Waals surface area contributed by atoms with Gasteiger partial charge >= 0.3 is 0 Å². The molecule has 0 fully saturated rings. The number of nitrogens with one attached hydrogen (secondary N) is 2. The van der Waals surface area contributed by atoms with Gasteiger partial charge in [-0.15, -0.1) is 0 Å². The molecular weight excluding hydrogens is 459 g/mol. The molecule has 5 nitrogen and oxygen atoms in total. The molecule has 7 heteroatoms. The highest BCUT2D eigenvalue weighted by Gasteiger charge is 2.14. The molecule has 3 aromatic rings. The number of carbonyl (C=O) groups excluding carboxylic acids is 1. The summed E-state index contributed by atoms with van der Waals surface area (Å²) >= 11 is 12.6. The number of methoxy groups -OCH3 is 1. The fourth-order valence-corrected chi connectivity index (χ4v) is 3.83. The van der Waals surface area contributed by atoms with Crippen molar-refractivity contribution >= 4 is 40.5 Å². The summed E-state index contributed by atoms with van der Waals surface area (Å²) in [5.74, 6) is 1.54. The topological polar surface area (TPSA) is 59.6 Å². The first-order valence-corrected chi connectivity index (χ1v) is 11.5. The van der Waals surface area contributed by atoms with Gasteiger partial charge in [0.25, 0.3) is 0 Å². The zero-order chi connectivity index (χ0) is 23.8. The van der Waals surface area contributed by atoms with Gasteiger partial charge in [0.1, 0.15) is 6.61 Å². The number of halogens is 2. The molecule has 0 radical (unpaired) electrons. The molecule has 0 aromatic heterocycles. The zero-order valence-electron chi connectivity index (χ0n) is 19.0. The van der Waals surface area contributed by atoms with E-state index in [1.54, 1.807) is 25.3 Å². The Morgan fingerprint density at radius 2 is 1.64 bits per heavy atom. The van der Waals surface area contributed by atoms with Crippen LogP contribution in [0, 0.1) is 5.92 Å². The van der Waals surface area contributed by atoms with Gasteiger partial charge in [0.05, 0.1) is 7.11 Å². The lowest BCUT2D eigenvalue weighted by molar-refractivity contribution is -0.116. The summed E-state index contributed by atoms with van der Waals surface area (Å²) < 4.78 is 11.6. The molecule has 2 N–H and O–H groups in total. The molecular formula is C26H28Cl2N2O3. The molecule has 0 spiro atoms. The van der Waals surface area contributed by atoms with E-state index in [1.165, 1.54) is 0 Å². The molecule has 3 rings (SSSR count).